The van der Waals surface area contributed by atoms with Crippen molar-refractivity contribution in [3.63, 3.8) is 0 Å². The van der Waals surface area contributed by atoms with Gasteiger partial charge in [-0.15, -0.1) is 0 Å². The van der Waals surface area contributed by atoms with E-state index in [0.717, 1.165) is 30.4 Å². The molecule has 0 spiro atoms. The molecular formula is C11H21N2O+. The third-order valence-corrected chi connectivity index (χ3v) is 3.05. The number of amides is 1. The largest absolute Gasteiger partial charge is 0.339 e. The number of likely N-dealkylation sites (tertiary alicyclic amines) is 1. The first-order valence-electron chi connectivity index (χ1n) is 5.17. The van der Waals surface area contributed by atoms with E-state index in [2.05, 4.69) is 27.7 Å². The minimum Gasteiger partial charge on any atom is -0.339 e. The molecule has 1 saturated heterocycles. The Morgan fingerprint density at radius 1 is 1.36 bits per heavy atom. The predicted molar refractivity (Wildman–Crippen MR) is 57.8 cm³/mol. The Labute approximate surface area is 86.6 Å². The van der Waals surface area contributed by atoms with Crippen LogP contribution < -0.4 is 0 Å². The van der Waals surface area contributed by atoms with Crippen molar-refractivity contribution in [2.24, 2.45) is 0 Å². The minimum absolute atomic E-state index is 0.0739. The smallest absolute Gasteiger partial charge is 0.245 e. The lowest BCUT2D eigenvalue weighted by molar-refractivity contribution is -0.897. The van der Waals surface area contributed by atoms with Crippen LogP contribution in [0.3, 0.4) is 0 Å². The highest BCUT2D eigenvalue weighted by molar-refractivity contribution is 5.87. The lowest BCUT2D eigenvalue weighted by atomic mass is 10.0. The fraction of sp³-hybridized carbons (Fsp3) is 0.727. The molecule has 3 heteroatoms. The summed E-state index contributed by atoms with van der Waals surface area (Å²) in [5, 5.41) is 0. The van der Waals surface area contributed by atoms with Crippen LogP contribution >= 0.6 is 0 Å². The monoisotopic (exact) mass is 197 g/mol. The van der Waals surface area contributed by atoms with E-state index < -0.39 is 0 Å². The van der Waals surface area contributed by atoms with Gasteiger partial charge in [0.2, 0.25) is 5.91 Å². The van der Waals surface area contributed by atoms with Gasteiger partial charge in [0.05, 0.1) is 27.2 Å². The summed E-state index contributed by atoms with van der Waals surface area (Å²) in [5.41, 5.74) is 0. The number of rotatable bonds is 2. The van der Waals surface area contributed by atoms with E-state index in [9.17, 15) is 4.79 Å². The predicted octanol–water partition coefficient (Wildman–Crippen LogP) is 0.870. The second-order valence-corrected chi connectivity index (χ2v) is 4.88. The SMILES string of the molecule is C=CC(=O)N1CCC([N+](C)(C)C)CC1. The molecule has 3 nitrogen and oxygen atoms in total. The molecule has 80 valence electrons. The van der Waals surface area contributed by atoms with Gasteiger partial charge in [0, 0.05) is 25.9 Å². The van der Waals surface area contributed by atoms with E-state index in [1.165, 1.54) is 6.08 Å². The highest BCUT2D eigenvalue weighted by Crippen LogP contribution is 2.18. The molecule has 1 aliphatic rings. The third-order valence-electron chi connectivity index (χ3n) is 3.05. The van der Waals surface area contributed by atoms with Crippen molar-refractivity contribution in [2.45, 2.75) is 18.9 Å². The maximum absolute atomic E-state index is 11.3. The van der Waals surface area contributed by atoms with Gasteiger partial charge in [0.15, 0.2) is 0 Å². The Hall–Kier alpha value is -0.830. The Morgan fingerprint density at radius 3 is 2.21 bits per heavy atom. The maximum Gasteiger partial charge on any atom is 0.245 e. The van der Waals surface area contributed by atoms with Gasteiger partial charge in [0.25, 0.3) is 0 Å². The molecule has 0 aliphatic carbocycles. The van der Waals surface area contributed by atoms with Crippen LogP contribution in [0.4, 0.5) is 0 Å². The average molecular weight is 197 g/mol. The molecule has 0 radical (unpaired) electrons. The molecule has 1 amide bonds. The van der Waals surface area contributed by atoms with E-state index >= 15 is 0 Å². The molecule has 0 unspecified atom stereocenters. The number of quaternary nitrogens is 1. The van der Waals surface area contributed by atoms with Gasteiger partial charge < -0.3 is 9.38 Å². The first-order valence-corrected chi connectivity index (χ1v) is 5.17. The summed E-state index contributed by atoms with van der Waals surface area (Å²) >= 11 is 0. The van der Waals surface area contributed by atoms with Crippen molar-refractivity contribution in [3.8, 4) is 0 Å². The summed E-state index contributed by atoms with van der Waals surface area (Å²) in [6, 6.07) is 0.684. The van der Waals surface area contributed by atoms with Crippen LogP contribution in [0.2, 0.25) is 0 Å². The van der Waals surface area contributed by atoms with Crippen LogP contribution in [0.25, 0.3) is 0 Å². The summed E-state index contributed by atoms with van der Waals surface area (Å²) < 4.78 is 0.996. The number of carbonyl (C=O) groups is 1. The summed E-state index contributed by atoms with van der Waals surface area (Å²) in [5.74, 6) is 0.0739. The second-order valence-electron chi connectivity index (χ2n) is 4.88. The minimum atomic E-state index is 0.0739. The molecular weight excluding hydrogens is 176 g/mol. The fourth-order valence-electron chi connectivity index (χ4n) is 1.99. The van der Waals surface area contributed by atoms with Crippen molar-refractivity contribution in [1.82, 2.24) is 4.90 Å². The van der Waals surface area contributed by atoms with Gasteiger partial charge in [-0.05, 0) is 6.08 Å². The van der Waals surface area contributed by atoms with Crippen molar-refractivity contribution >= 4 is 5.91 Å². The molecule has 0 bridgehead atoms. The zero-order valence-corrected chi connectivity index (χ0v) is 9.49. The lowest BCUT2D eigenvalue weighted by Crippen LogP contribution is -2.51. The summed E-state index contributed by atoms with van der Waals surface area (Å²) in [7, 11) is 6.65. The normalized spacial score (nSPS) is 19.5. The maximum atomic E-state index is 11.3. The van der Waals surface area contributed by atoms with E-state index in [4.69, 9.17) is 0 Å². The second kappa shape index (κ2) is 4.13. The van der Waals surface area contributed by atoms with Crippen LogP contribution in [0, 0.1) is 0 Å². The molecule has 1 rings (SSSR count). The summed E-state index contributed by atoms with van der Waals surface area (Å²) in [6.45, 7) is 5.27. The van der Waals surface area contributed by atoms with Crippen LogP contribution in [0.15, 0.2) is 12.7 Å². The zero-order chi connectivity index (χ0) is 10.8. The molecule has 14 heavy (non-hydrogen) atoms. The number of nitrogens with zero attached hydrogens (tertiary/aromatic N) is 2. The first-order chi connectivity index (χ1) is 6.45. The standard InChI is InChI=1S/C11H21N2O/c1-5-11(14)12-8-6-10(7-9-12)13(2,3)4/h5,10H,1,6-9H2,2-4H3/q+1. The summed E-state index contributed by atoms with van der Waals surface area (Å²) in [4.78, 5) is 13.2. The van der Waals surface area contributed by atoms with Crippen molar-refractivity contribution < 1.29 is 9.28 Å². The van der Waals surface area contributed by atoms with E-state index in [1.807, 2.05) is 4.90 Å². The molecule has 1 fully saturated rings. The Morgan fingerprint density at radius 2 is 1.86 bits per heavy atom. The fourth-order valence-corrected chi connectivity index (χ4v) is 1.99. The highest BCUT2D eigenvalue weighted by Gasteiger charge is 2.29. The molecule has 1 heterocycles. The molecule has 0 aromatic rings. The Kier molecular flexibility index (Phi) is 3.32. The number of carbonyl (C=O) groups excluding carboxylic acids is 1. The number of hydrogen-bond acceptors (Lipinski definition) is 1. The molecule has 0 atom stereocenters. The van der Waals surface area contributed by atoms with Gasteiger partial charge in [0.1, 0.15) is 0 Å². The first kappa shape index (κ1) is 11.2. The van der Waals surface area contributed by atoms with Gasteiger partial charge in [-0.2, -0.15) is 0 Å². The van der Waals surface area contributed by atoms with Gasteiger partial charge in [-0.3, -0.25) is 4.79 Å². The van der Waals surface area contributed by atoms with Crippen molar-refractivity contribution in [2.75, 3.05) is 34.2 Å². The molecule has 0 N–H and O–H groups in total. The zero-order valence-electron chi connectivity index (χ0n) is 9.49. The summed E-state index contributed by atoms with van der Waals surface area (Å²) in [6.07, 6.45) is 3.61. The quantitative estimate of drug-likeness (QED) is 0.475. The van der Waals surface area contributed by atoms with E-state index in [0.29, 0.717) is 6.04 Å². The molecule has 0 aromatic carbocycles. The van der Waals surface area contributed by atoms with Crippen molar-refractivity contribution in [1.29, 1.82) is 0 Å². The van der Waals surface area contributed by atoms with E-state index in [-0.39, 0.29) is 5.91 Å². The van der Waals surface area contributed by atoms with Crippen LogP contribution in [-0.2, 0) is 4.79 Å². The van der Waals surface area contributed by atoms with Crippen LogP contribution in [-0.4, -0.2) is 55.6 Å². The molecule has 0 saturated carbocycles. The van der Waals surface area contributed by atoms with Gasteiger partial charge in [-0.25, -0.2) is 0 Å². The van der Waals surface area contributed by atoms with Crippen LogP contribution in [0.1, 0.15) is 12.8 Å². The molecule has 0 aromatic heterocycles. The Bertz CT molecular complexity index is 222. The Balaban J connectivity index is 2.46. The van der Waals surface area contributed by atoms with Crippen molar-refractivity contribution in [3.05, 3.63) is 12.7 Å². The van der Waals surface area contributed by atoms with E-state index in [1.54, 1.807) is 0 Å². The number of hydrogen-bond donors (Lipinski definition) is 0. The number of piperidine rings is 1. The topological polar surface area (TPSA) is 20.3 Å². The average Bonchev–Trinajstić information content (AvgIpc) is 2.15. The third kappa shape index (κ3) is 2.58. The highest BCUT2D eigenvalue weighted by atomic mass is 16.2. The lowest BCUT2D eigenvalue weighted by Gasteiger charge is -2.39. The van der Waals surface area contributed by atoms with Gasteiger partial charge in [-0.1, -0.05) is 6.58 Å². The molecule has 1 aliphatic heterocycles. The van der Waals surface area contributed by atoms with Gasteiger partial charge >= 0.3 is 0 Å². The van der Waals surface area contributed by atoms with Crippen LogP contribution in [0.5, 0.6) is 0 Å².